The van der Waals surface area contributed by atoms with Crippen LogP contribution < -0.4 is 10.1 Å². The molecule has 1 heterocycles. The smallest absolute Gasteiger partial charge is 0.119 e. The van der Waals surface area contributed by atoms with Gasteiger partial charge in [0.25, 0.3) is 0 Å². The van der Waals surface area contributed by atoms with Crippen molar-refractivity contribution in [3.05, 3.63) is 47.3 Å². The molecule has 0 radical (unpaired) electrons. The van der Waals surface area contributed by atoms with E-state index in [0.717, 1.165) is 18.6 Å². The van der Waals surface area contributed by atoms with E-state index in [1.165, 1.54) is 16.7 Å². The average molecular weight is 271 g/mol. The van der Waals surface area contributed by atoms with Gasteiger partial charge in [-0.3, -0.25) is 4.68 Å². The van der Waals surface area contributed by atoms with Crippen molar-refractivity contribution < 1.29 is 4.74 Å². The molecular formula is C16H21N3O. The quantitative estimate of drug-likeness (QED) is 0.932. The summed E-state index contributed by atoms with van der Waals surface area (Å²) in [6.45, 7) is 2.08. The summed E-state index contributed by atoms with van der Waals surface area (Å²) in [5, 5.41) is 7.95. The Bertz CT molecular complexity index is 606. The lowest BCUT2D eigenvalue weighted by Gasteiger charge is -2.33. The van der Waals surface area contributed by atoms with Crippen molar-refractivity contribution >= 4 is 0 Å². The number of benzene rings is 1. The molecule has 0 spiro atoms. The van der Waals surface area contributed by atoms with Gasteiger partial charge in [-0.05, 0) is 55.6 Å². The maximum absolute atomic E-state index is 5.37. The third kappa shape index (κ3) is 2.20. The molecule has 1 aliphatic carbocycles. The Hall–Kier alpha value is -1.81. The summed E-state index contributed by atoms with van der Waals surface area (Å²) >= 11 is 0. The topological polar surface area (TPSA) is 39.1 Å². The minimum absolute atomic E-state index is 0.271. The molecule has 0 aliphatic heterocycles. The molecular weight excluding hydrogens is 250 g/mol. The highest BCUT2D eigenvalue weighted by Gasteiger charge is 2.30. The molecule has 1 aromatic carbocycles. The van der Waals surface area contributed by atoms with Crippen LogP contribution in [0.2, 0.25) is 0 Å². The summed E-state index contributed by atoms with van der Waals surface area (Å²) < 4.78 is 7.46. The largest absolute Gasteiger partial charge is 0.497 e. The first-order valence-electron chi connectivity index (χ1n) is 7.07. The summed E-state index contributed by atoms with van der Waals surface area (Å²) in [7, 11) is 3.73. The molecule has 2 aromatic rings. The van der Waals surface area contributed by atoms with Crippen LogP contribution in [0.1, 0.15) is 35.2 Å². The zero-order valence-corrected chi connectivity index (χ0v) is 12.3. The number of ether oxygens (including phenoxy) is 1. The predicted molar refractivity (Wildman–Crippen MR) is 79.1 cm³/mol. The van der Waals surface area contributed by atoms with E-state index < -0.39 is 0 Å². The Balaban J connectivity index is 2.00. The van der Waals surface area contributed by atoms with Crippen LogP contribution in [0.25, 0.3) is 0 Å². The van der Waals surface area contributed by atoms with Gasteiger partial charge in [-0.25, -0.2) is 0 Å². The number of hydrogen-bond acceptors (Lipinski definition) is 3. The van der Waals surface area contributed by atoms with Crippen LogP contribution in [0.15, 0.2) is 30.6 Å². The molecule has 2 unspecified atom stereocenters. The number of nitrogens with zero attached hydrogens (tertiary/aromatic N) is 2. The first-order chi connectivity index (χ1) is 9.72. The molecule has 1 aromatic heterocycles. The second-order valence-electron chi connectivity index (χ2n) is 5.43. The summed E-state index contributed by atoms with van der Waals surface area (Å²) in [5.74, 6) is 0.918. The summed E-state index contributed by atoms with van der Waals surface area (Å²) in [6, 6.07) is 7.01. The lowest BCUT2D eigenvalue weighted by atomic mass is 9.84. The Kier molecular flexibility index (Phi) is 3.49. The van der Waals surface area contributed by atoms with Gasteiger partial charge in [-0.1, -0.05) is 6.07 Å². The van der Waals surface area contributed by atoms with Gasteiger partial charge in [0.05, 0.1) is 25.4 Å². The number of fused-ring (bicyclic) bond motifs is 1. The van der Waals surface area contributed by atoms with Crippen LogP contribution in [-0.2, 0) is 6.42 Å². The molecule has 0 saturated heterocycles. The SMILES string of the molecule is CNC1c2cc(OC)ccc2CCC1n1cc(C)cn1. The summed E-state index contributed by atoms with van der Waals surface area (Å²) in [6.07, 6.45) is 6.24. The van der Waals surface area contributed by atoms with Gasteiger partial charge in [0.15, 0.2) is 0 Å². The maximum Gasteiger partial charge on any atom is 0.119 e. The molecule has 20 heavy (non-hydrogen) atoms. The lowest BCUT2D eigenvalue weighted by Crippen LogP contribution is -2.32. The highest BCUT2D eigenvalue weighted by Crippen LogP contribution is 2.38. The van der Waals surface area contributed by atoms with Crippen LogP contribution in [0, 0.1) is 6.92 Å². The highest BCUT2D eigenvalue weighted by molar-refractivity contribution is 5.40. The van der Waals surface area contributed by atoms with Crippen LogP contribution in [0.3, 0.4) is 0 Å². The van der Waals surface area contributed by atoms with Crippen molar-refractivity contribution in [3.63, 3.8) is 0 Å². The van der Waals surface area contributed by atoms with Crippen LogP contribution in [0.4, 0.5) is 0 Å². The third-order valence-corrected chi connectivity index (χ3v) is 4.16. The number of hydrogen-bond donors (Lipinski definition) is 1. The second kappa shape index (κ2) is 5.29. The molecule has 4 nitrogen and oxygen atoms in total. The van der Waals surface area contributed by atoms with E-state index in [1.54, 1.807) is 7.11 Å². The van der Waals surface area contributed by atoms with Crippen molar-refractivity contribution in [1.82, 2.24) is 15.1 Å². The Morgan fingerprint density at radius 3 is 2.90 bits per heavy atom. The third-order valence-electron chi connectivity index (χ3n) is 4.16. The van der Waals surface area contributed by atoms with Crippen molar-refractivity contribution in [1.29, 1.82) is 0 Å². The minimum Gasteiger partial charge on any atom is -0.497 e. The monoisotopic (exact) mass is 271 g/mol. The average Bonchev–Trinajstić information content (AvgIpc) is 2.91. The van der Waals surface area contributed by atoms with Gasteiger partial charge >= 0.3 is 0 Å². The molecule has 0 bridgehead atoms. The molecule has 1 N–H and O–H groups in total. The predicted octanol–water partition coefficient (Wildman–Crippen LogP) is 2.65. The Labute approximate surface area is 119 Å². The minimum atomic E-state index is 0.271. The molecule has 3 rings (SSSR count). The van der Waals surface area contributed by atoms with Crippen molar-refractivity contribution in [2.45, 2.75) is 31.8 Å². The van der Waals surface area contributed by atoms with Crippen LogP contribution in [-0.4, -0.2) is 23.9 Å². The number of aryl methyl sites for hydroxylation is 2. The summed E-state index contributed by atoms with van der Waals surface area (Å²) in [5.41, 5.74) is 3.94. The second-order valence-corrected chi connectivity index (χ2v) is 5.43. The van der Waals surface area contributed by atoms with E-state index in [2.05, 4.69) is 40.4 Å². The van der Waals surface area contributed by atoms with Gasteiger partial charge in [-0.15, -0.1) is 0 Å². The van der Waals surface area contributed by atoms with Crippen molar-refractivity contribution in [2.75, 3.05) is 14.2 Å². The maximum atomic E-state index is 5.37. The zero-order valence-electron chi connectivity index (χ0n) is 12.3. The van der Waals surface area contributed by atoms with E-state index >= 15 is 0 Å². The van der Waals surface area contributed by atoms with E-state index in [4.69, 9.17) is 4.74 Å². The number of aromatic nitrogens is 2. The first-order valence-corrected chi connectivity index (χ1v) is 7.07. The Morgan fingerprint density at radius 2 is 2.25 bits per heavy atom. The molecule has 1 aliphatic rings. The van der Waals surface area contributed by atoms with Gasteiger partial charge in [0, 0.05) is 6.20 Å². The molecule has 2 atom stereocenters. The number of likely N-dealkylation sites (N-methyl/N-ethyl adjacent to an activating group) is 1. The molecule has 0 fully saturated rings. The molecule has 0 amide bonds. The fourth-order valence-corrected chi connectivity index (χ4v) is 3.14. The van der Waals surface area contributed by atoms with Gasteiger partial charge in [0.2, 0.25) is 0 Å². The fourth-order valence-electron chi connectivity index (χ4n) is 3.14. The fraction of sp³-hybridized carbons (Fsp3) is 0.438. The van der Waals surface area contributed by atoms with Gasteiger partial charge < -0.3 is 10.1 Å². The summed E-state index contributed by atoms with van der Waals surface area (Å²) in [4.78, 5) is 0. The molecule has 4 heteroatoms. The van der Waals surface area contributed by atoms with Crippen LogP contribution >= 0.6 is 0 Å². The number of methoxy groups -OCH3 is 1. The van der Waals surface area contributed by atoms with E-state index in [-0.39, 0.29) is 6.04 Å². The zero-order chi connectivity index (χ0) is 14.1. The van der Waals surface area contributed by atoms with Crippen molar-refractivity contribution in [3.8, 4) is 5.75 Å². The standard InChI is InChI=1S/C16H21N3O/c1-11-9-18-19(10-11)15-7-5-12-4-6-13(20-3)8-14(12)16(15)17-2/h4,6,8-10,15-17H,5,7H2,1-3H3. The number of nitrogens with one attached hydrogen (secondary N) is 1. The van der Waals surface area contributed by atoms with Gasteiger partial charge in [0.1, 0.15) is 5.75 Å². The Morgan fingerprint density at radius 1 is 1.40 bits per heavy atom. The molecule has 0 saturated carbocycles. The van der Waals surface area contributed by atoms with E-state index in [1.807, 2.05) is 19.3 Å². The first kappa shape index (κ1) is 13.2. The highest BCUT2D eigenvalue weighted by atomic mass is 16.5. The normalized spacial score (nSPS) is 21.6. The van der Waals surface area contributed by atoms with Gasteiger partial charge in [-0.2, -0.15) is 5.10 Å². The van der Waals surface area contributed by atoms with E-state index in [0.29, 0.717) is 6.04 Å². The van der Waals surface area contributed by atoms with E-state index in [9.17, 15) is 0 Å². The lowest BCUT2D eigenvalue weighted by molar-refractivity contribution is 0.307. The van der Waals surface area contributed by atoms with Crippen molar-refractivity contribution in [2.24, 2.45) is 0 Å². The van der Waals surface area contributed by atoms with Crippen LogP contribution in [0.5, 0.6) is 5.75 Å². The number of rotatable bonds is 3. The molecule has 106 valence electrons.